The fourth-order valence-electron chi connectivity index (χ4n) is 2.52. The summed E-state index contributed by atoms with van der Waals surface area (Å²) in [7, 11) is 0. The molecule has 0 aromatic rings. The van der Waals surface area contributed by atoms with Crippen molar-refractivity contribution < 1.29 is 9.90 Å². The predicted molar refractivity (Wildman–Crippen MR) is 65.5 cm³/mol. The second-order valence-corrected chi connectivity index (χ2v) is 5.18. The number of nitrogens with one attached hydrogen (secondary N) is 1. The molecular formula is C13H25NO2. The van der Waals surface area contributed by atoms with Gasteiger partial charge in [0.25, 0.3) is 0 Å². The molecule has 0 radical (unpaired) electrons. The first-order valence-electron chi connectivity index (χ1n) is 6.56. The van der Waals surface area contributed by atoms with Crippen LogP contribution < -0.4 is 5.32 Å². The standard InChI is InChI=1S/C13H25NO2/c1-10-7-8-12(11(10)2)14-9-5-3-4-6-13(15)16/h10-12,14H,3-9H2,1-2H3,(H,15,16). The number of rotatable bonds is 7. The first-order chi connectivity index (χ1) is 7.61. The van der Waals surface area contributed by atoms with Crippen LogP contribution in [0.15, 0.2) is 0 Å². The maximum atomic E-state index is 10.3. The zero-order valence-corrected chi connectivity index (χ0v) is 10.5. The lowest BCUT2D eigenvalue weighted by Crippen LogP contribution is -2.33. The molecule has 94 valence electrons. The van der Waals surface area contributed by atoms with E-state index in [-0.39, 0.29) is 0 Å². The summed E-state index contributed by atoms with van der Waals surface area (Å²) in [6.07, 6.45) is 5.90. The Bertz CT molecular complexity index is 218. The van der Waals surface area contributed by atoms with E-state index in [1.165, 1.54) is 12.8 Å². The maximum absolute atomic E-state index is 10.3. The highest BCUT2D eigenvalue weighted by Crippen LogP contribution is 2.30. The highest BCUT2D eigenvalue weighted by molar-refractivity contribution is 5.66. The first kappa shape index (κ1) is 13.5. The second kappa shape index (κ2) is 6.89. The zero-order chi connectivity index (χ0) is 12.0. The minimum Gasteiger partial charge on any atom is -0.481 e. The van der Waals surface area contributed by atoms with E-state index >= 15 is 0 Å². The third-order valence-corrected chi connectivity index (χ3v) is 3.94. The summed E-state index contributed by atoms with van der Waals surface area (Å²) in [6, 6.07) is 0.689. The number of carbonyl (C=O) groups is 1. The molecule has 3 atom stereocenters. The van der Waals surface area contributed by atoms with Gasteiger partial charge in [-0.25, -0.2) is 0 Å². The molecule has 1 fully saturated rings. The summed E-state index contributed by atoms with van der Waals surface area (Å²) in [6.45, 7) is 5.71. The predicted octanol–water partition coefficient (Wildman–Crippen LogP) is 2.66. The molecule has 1 rings (SSSR count). The molecule has 1 saturated carbocycles. The third kappa shape index (κ3) is 4.52. The van der Waals surface area contributed by atoms with E-state index in [1.807, 2.05) is 0 Å². The van der Waals surface area contributed by atoms with Crippen LogP contribution in [-0.2, 0) is 4.79 Å². The van der Waals surface area contributed by atoms with Gasteiger partial charge >= 0.3 is 5.97 Å². The van der Waals surface area contributed by atoms with Crippen molar-refractivity contribution in [2.75, 3.05) is 6.54 Å². The van der Waals surface area contributed by atoms with Gasteiger partial charge < -0.3 is 10.4 Å². The maximum Gasteiger partial charge on any atom is 0.303 e. The number of hydrogen-bond donors (Lipinski definition) is 2. The molecule has 1 aliphatic rings. The van der Waals surface area contributed by atoms with E-state index in [1.54, 1.807) is 0 Å². The normalized spacial score (nSPS) is 29.5. The quantitative estimate of drug-likeness (QED) is 0.657. The van der Waals surface area contributed by atoms with Crippen molar-refractivity contribution in [3.8, 4) is 0 Å². The van der Waals surface area contributed by atoms with Crippen molar-refractivity contribution in [3.63, 3.8) is 0 Å². The van der Waals surface area contributed by atoms with E-state index < -0.39 is 5.97 Å². The van der Waals surface area contributed by atoms with Crippen molar-refractivity contribution in [1.29, 1.82) is 0 Å². The van der Waals surface area contributed by atoms with Gasteiger partial charge in [0.2, 0.25) is 0 Å². The number of carboxylic acids is 1. The van der Waals surface area contributed by atoms with Crippen LogP contribution in [-0.4, -0.2) is 23.7 Å². The molecule has 0 aliphatic heterocycles. The van der Waals surface area contributed by atoms with Gasteiger partial charge in [0, 0.05) is 12.5 Å². The summed E-state index contributed by atoms with van der Waals surface area (Å²) in [5.41, 5.74) is 0. The molecule has 0 aromatic carbocycles. The largest absolute Gasteiger partial charge is 0.481 e. The van der Waals surface area contributed by atoms with Gasteiger partial charge in [0.15, 0.2) is 0 Å². The Kier molecular flexibility index (Phi) is 5.81. The zero-order valence-electron chi connectivity index (χ0n) is 10.5. The van der Waals surface area contributed by atoms with Crippen molar-refractivity contribution in [2.24, 2.45) is 11.8 Å². The van der Waals surface area contributed by atoms with Crippen molar-refractivity contribution >= 4 is 5.97 Å². The van der Waals surface area contributed by atoms with Gasteiger partial charge in [-0.1, -0.05) is 20.3 Å². The van der Waals surface area contributed by atoms with E-state index in [0.29, 0.717) is 12.5 Å². The van der Waals surface area contributed by atoms with Gasteiger partial charge in [-0.2, -0.15) is 0 Å². The minimum absolute atomic E-state index is 0.316. The molecule has 16 heavy (non-hydrogen) atoms. The Labute approximate surface area is 98.6 Å². The van der Waals surface area contributed by atoms with Crippen LogP contribution in [0.3, 0.4) is 0 Å². The Morgan fingerprint density at radius 2 is 2.00 bits per heavy atom. The lowest BCUT2D eigenvalue weighted by atomic mass is 9.98. The molecule has 0 saturated heterocycles. The molecule has 0 heterocycles. The van der Waals surface area contributed by atoms with Crippen molar-refractivity contribution in [3.05, 3.63) is 0 Å². The summed E-state index contributed by atoms with van der Waals surface area (Å²) >= 11 is 0. The molecule has 0 amide bonds. The summed E-state index contributed by atoms with van der Waals surface area (Å²) in [5.74, 6) is 0.967. The van der Waals surface area contributed by atoms with E-state index in [9.17, 15) is 4.79 Å². The molecule has 2 N–H and O–H groups in total. The lowest BCUT2D eigenvalue weighted by molar-refractivity contribution is -0.137. The van der Waals surface area contributed by atoms with Gasteiger partial charge in [-0.15, -0.1) is 0 Å². The lowest BCUT2D eigenvalue weighted by Gasteiger charge is -2.19. The molecule has 3 heteroatoms. The molecule has 0 bridgehead atoms. The third-order valence-electron chi connectivity index (χ3n) is 3.94. The monoisotopic (exact) mass is 227 g/mol. The first-order valence-corrected chi connectivity index (χ1v) is 6.56. The molecule has 1 aliphatic carbocycles. The molecule has 3 unspecified atom stereocenters. The van der Waals surface area contributed by atoms with Gasteiger partial charge in [0.1, 0.15) is 0 Å². The topological polar surface area (TPSA) is 49.3 Å². The molecule has 3 nitrogen and oxygen atoms in total. The smallest absolute Gasteiger partial charge is 0.303 e. The highest BCUT2D eigenvalue weighted by Gasteiger charge is 2.28. The Morgan fingerprint density at radius 1 is 1.25 bits per heavy atom. The number of hydrogen-bond acceptors (Lipinski definition) is 2. The second-order valence-electron chi connectivity index (χ2n) is 5.18. The van der Waals surface area contributed by atoms with Gasteiger partial charge in [-0.3, -0.25) is 4.79 Å². The van der Waals surface area contributed by atoms with Crippen LogP contribution in [0.1, 0.15) is 52.4 Å². The average molecular weight is 227 g/mol. The van der Waals surface area contributed by atoms with E-state index in [4.69, 9.17) is 5.11 Å². The average Bonchev–Trinajstić information content (AvgIpc) is 2.54. The minimum atomic E-state index is -0.675. The van der Waals surface area contributed by atoms with E-state index in [2.05, 4.69) is 19.2 Å². The van der Waals surface area contributed by atoms with Crippen LogP contribution in [0.25, 0.3) is 0 Å². The van der Waals surface area contributed by atoms with Crippen LogP contribution in [0.2, 0.25) is 0 Å². The SMILES string of the molecule is CC1CCC(NCCCCCC(=O)O)C1C. The molecule has 0 aromatic heterocycles. The van der Waals surface area contributed by atoms with Gasteiger partial charge in [0.05, 0.1) is 0 Å². The van der Waals surface area contributed by atoms with Crippen LogP contribution >= 0.6 is 0 Å². The van der Waals surface area contributed by atoms with Crippen LogP contribution in [0.4, 0.5) is 0 Å². The Hall–Kier alpha value is -0.570. The fraction of sp³-hybridized carbons (Fsp3) is 0.923. The number of unbranched alkanes of at least 4 members (excludes halogenated alkanes) is 2. The molecular weight excluding hydrogens is 202 g/mol. The number of carboxylic acid groups (broad SMARTS) is 1. The highest BCUT2D eigenvalue weighted by atomic mass is 16.4. The Balaban J connectivity index is 1.97. The van der Waals surface area contributed by atoms with E-state index in [0.717, 1.165) is 37.6 Å². The van der Waals surface area contributed by atoms with Crippen LogP contribution in [0, 0.1) is 11.8 Å². The summed E-state index contributed by atoms with van der Waals surface area (Å²) in [4.78, 5) is 10.3. The Morgan fingerprint density at radius 3 is 2.56 bits per heavy atom. The van der Waals surface area contributed by atoms with Gasteiger partial charge in [-0.05, 0) is 44.1 Å². The van der Waals surface area contributed by atoms with Crippen molar-refractivity contribution in [1.82, 2.24) is 5.32 Å². The molecule has 0 spiro atoms. The van der Waals surface area contributed by atoms with Crippen molar-refractivity contribution in [2.45, 2.75) is 58.4 Å². The fourth-order valence-corrected chi connectivity index (χ4v) is 2.52. The number of aliphatic carboxylic acids is 1. The van der Waals surface area contributed by atoms with Crippen LogP contribution in [0.5, 0.6) is 0 Å². The summed E-state index contributed by atoms with van der Waals surface area (Å²) < 4.78 is 0. The summed E-state index contributed by atoms with van der Waals surface area (Å²) in [5, 5.41) is 12.1.